The smallest absolute Gasteiger partial charge is 0.363 e. The summed E-state index contributed by atoms with van der Waals surface area (Å²) in [7, 11) is 0. The summed E-state index contributed by atoms with van der Waals surface area (Å²) in [5, 5.41) is 3.22. The number of rotatable bonds is 5. The molecule has 0 bridgehead atoms. The molecule has 0 saturated heterocycles. The fraction of sp³-hybridized carbons (Fsp3) is 0.261. The van der Waals surface area contributed by atoms with E-state index in [0.717, 1.165) is 17.8 Å². The van der Waals surface area contributed by atoms with E-state index < -0.39 is 17.7 Å². The molecule has 1 N–H and O–H groups in total. The highest BCUT2D eigenvalue weighted by atomic mass is 19.4. The van der Waals surface area contributed by atoms with E-state index in [1.807, 2.05) is 13.8 Å². The van der Waals surface area contributed by atoms with Gasteiger partial charge < -0.3 is 10.2 Å². The van der Waals surface area contributed by atoms with Crippen molar-refractivity contribution in [1.82, 2.24) is 14.9 Å². The number of pyridine rings is 2. The van der Waals surface area contributed by atoms with Crippen molar-refractivity contribution in [3.8, 4) is 11.1 Å². The number of hydrogen-bond acceptors (Lipinski definition) is 4. The minimum absolute atomic E-state index is 0.0495. The number of alkyl halides is 3. The molecule has 1 aliphatic heterocycles. The molecule has 0 aliphatic carbocycles. The molecule has 1 atom stereocenters. The third-order valence-electron chi connectivity index (χ3n) is 5.51. The highest BCUT2D eigenvalue weighted by molar-refractivity contribution is 5.99. The number of benzene rings is 1. The van der Waals surface area contributed by atoms with Crippen LogP contribution >= 0.6 is 0 Å². The second-order valence-electron chi connectivity index (χ2n) is 7.54. The van der Waals surface area contributed by atoms with Crippen LogP contribution in [0.15, 0.2) is 48.8 Å². The number of anilines is 1. The second-order valence-corrected chi connectivity index (χ2v) is 7.54. The van der Waals surface area contributed by atoms with Gasteiger partial charge in [0.25, 0.3) is 5.91 Å². The van der Waals surface area contributed by atoms with Gasteiger partial charge in [0.1, 0.15) is 17.3 Å². The summed E-state index contributed by atoms with van der Waals surface area (Å²) in [6, 6.07) is 7.87. The molecular weight excluding hydrogens is 424 g/mol. The summed E-state index contributed by atoms with van der Waals surface area (Å²) < 4.78 is 53.6. The molecule has 0 spiro atoms. The zero-order valence-electron chi connectivity index (χ0n) is 17.4. The number of nitrogens with one attached hydrogen (secondary N) is 1. The van der Waals surface area contributed by atoms with Gasteiger partial charge in [-0.1, -0.05) is 12.1 Å². The van der Waals surface area contributed by atoms with Crippen LogP contribution in [-0.4, -0.2) is 27.3 Å². The maximum absolute atomic E-state index is 14.8. The Hall–Kier alpha value is -3.49. The highest BCUT2D eigenvalue weighted by Crippen LogP contribution is 2.33. The largest absolute Gasteiger partial charge is 0.433 e. The standard InChI is InChI=1S/C23H20F4N4O/c1-3-31-12-18-17(22(31)32)7-9-29-21(18)30-13(2)14-4-5-16(19(24)10-14)15-6-8-28-20(11-15)23(25,26)27/h4-11,13H,3,12H2,1-2H3,(H,29,30)/t13-/m0/s1. The van der Waals surface area contributed by atoms with Crippen molar-refractivity contribution in [3.05, 3.63) is 77.0 Å². The molecule has 5 nitrogen and oxygen atoms in total. The molecule has 0 unspecified atom stereocenters. The third-order valence-corrected chi connectivity index (χ3v) is 5.51. The Morgan fingerprint density at radius 3 is 2.53 bits per heavy atom. The van der Waals surface area contributed by atoms with Crippen LogP contribution in [0.3, 0.4) is 0 Å². The molecule has 1 aromatic carbocycles. The van der Waals surface area contributed by atoms with Crippen molar-refractivity contribution in [3.63, 3.8) is 0 Å². The number of hydrogen-bond donors (Lipinski definition) is 1. The Balaban J connectivity index is 1.58. The van der Waals surface area contributed by atoms with Crippen molar-refractivity contribution >= 4 is 11.7 Å². The molecule has 3 heterocycles. The van der Waals surface area contributed by atoms with Gasteiger partial charge >= 0.3 is 6.18 Å². The summed E-state index contributed by atoms with van der Waals surface area (Å²) >= 11 is 0. The van der Waals surface area contributed by atoms with Crippen LogP contribution in [0, 0.1) is 5.82 Å². The van der Waals surface area contributed by atoms with Crippen molar-refractivity contribution in [2.24, 2.45) is 0 Å². The molecule has 32 heavy (non-hydrogen) atoms. The van der Waals surface area contributed by atoms with E-state index in [1.165, 1.54) is 18.2 Å². The van der Waals surface area contributed by atoms with E-state index in [-0.39, 0.29) is 23.1 Å². The van der Waals surface area contributed by atoms with Crippen molar-refractivity contribution in [2.45, 2.75) is 32.6 Å². The number of amides is 1. The zero-order valence-corrected chi connectivity index (χ0v) is 17.4. The first-order chi connectivity index (χ1) is 15.2. The summed E-state index contributed by atoms with van der Waals surface area (Å²) in [5.74, 6) is -0.145. The molecule has 3 aromatic rings. The minimum Gasteiger partial charge on any atom is -0.363 e. The summed E-state index contributed by atoms with van der Waals surface area (Å²) in [4.78, 5) is 21.7. The van der Waals surface area contributed by atoms with Gasteiger partial charge in [0.05, 0.1) is 12.6 Å². The average molecular weight is 444 g/mol. The molecule has 1 amide bonds. The Morgan fingerprint density at radius 1 is 1.09 bits per heavy atom. The molecule has 0 saturated carbocycles. The lowest BCUT2D eigenvalue weighted by atomic mass is 10.0. The SMILES string of the molecule is CCN1Cc2c(ccnc2N[C@@H](C)c2ccc(-c3ccnc(C(F)(F)F)c3)c(F)c2)C1=O. The summed E-state index contributed by atoms with van der Waals surface area (Å²) in [5.41, 5.74) is 1.05. The quantitative estimate of drug-likeness (QED) is 0.532. The van der Waals surface area contributed by atoms with Gasteiger partial charge in [-0.15, -0.1) is 0 Å². The number of fused-ring (bicyclic) bond motifs is 1. The lowest BCUT2D eigenvalue weighted by Crippen LogP contribution is -2.22. The first-order valence-corrected chi connectivity index (χ1v) is 10.1. The topological polar surface area (TPSA) is 58.1 Å². The van der Waals surface area contributed by atoms with E-state index >= 15 is 0 Å². The van der Waals surface area contributed by atoms with Crippen molar-refractivity contribution < 1.29 is 22.4 Å². The second kappa shape index (κ2) is 8.22. The van der Waals surface area contributed by atoms with Crippen molar-refractivity contribution in [2.75, 3.05) is 11.9 Å². The van der Waals surface area contributed by atoms with Gasteiger partial charge in [-0.25, -0.2) is 9.37 Å². The number of carbonyl (C=O) groups is 1. The highest BCUT2D eigenvalue weighted by Gasteiger charge is 2.33. The fourth-order valence-corrected chi connectivity index (χ4v) is 3.74. The lowest BCUT2D eigenvalue weighted by Gasteiger charge is -2.18. The molecule has 4 rings (SSSR count). The van der Waals surface area contributed by atoms with Gasteiger partial charge in [-0.05, 0) is 49.2 Å². The molecule has 166 valence electrons. The van der Waals surface area contributed by atoms with Crippen LogP contribution in [-0.2, 0) is 12.7 Å². The Kier molecular flexibility index (Phi) is 5.58. The first kappa shape index (κ1) is 21.7. The summed E-state index contributed by atoms with van der Waals surface area (Å²) in [6.45, 7) is 4.75. The number of aromatic nitrogens is 2. The third kappa shape index (κ3) is 4.02. The number of carbonyl (C=O) groups excluding carboxylic acids is 1. The molecular formula is C23H20F4N4O. The number of nitrogens with zero attached hydrogens (tertiary/aromatic N) is 3. The van der Waals surface area contributed by atoms with Crippen LogP contribution in [0.5, 0.6) is 0 Å². The Morgan fingerprint density at radius 2 is 1.84 bits per heavy atom. The van der Waals surface area contributed by atoms with Gasteiger partial charge in [0.15, 0.2) is 0 Å². The Labute approximate surface area is 182 Å². The van der Waals surface area contributed by atoms with Crippen LogP contribution in [0.2, 0.25) is 0 Å². The maximum atomic E-state index is 14.8. The number of halogens is 4. The first-order valence-electron chi connectivity index (χ1n) is 10.1. The fourth-order valence-electron chi connectivity index (χ4n) is 3.74. The van der Waals surface area contributed by atoms with Gasteiger partial charge in [0.2, 0.25) is 0 Å². The van der Waals surface area contributed by atoms with Crippen LogP contribution in [0.25, 0.3) is 11.1 Å². The molecule has 0 radical (unpaired) electrons. The maximum Gasteiger partial charge on any atom is 0.433 e. The monoisotopic (exact) mass is 444 g/mol. The molecule has 9 heteroatoms. The van der Waals surface area contributed by atoms with Crippen LogP contribution in [0.4, 0.5) is 23.4 Å². The van der Waals surface area contributed by atoms with Gasteiger partial charge in [0, 0.05) is 35.6 Å². The van der Waals surface area contributed by atoms with Crippen molar-refractivity contribution in [1.29, 1.82) is 0 Å². The van der Waals surface area contributed by atoms with Crippen LogP contribution < -0.4 is 5.32 Å². The predicted molar refractivity (Wildman–Crippen MR) is 111 cm³/mol. The van der Waals surface area contributed by atoms with E-state index in [9.17, 15) is 22.4 Å². The summed E-state index contributed by atoms with van der Waals surface area (Å²) in [6.07, 6.45) is -2.04. The van der Waals surface area contributed by atoms with E-state index in [0.29, 0.717) is 30.0 Å². The van der Waals surface area contributed by atoms with Gasteiger partial charge in [-0.3, -0.25) is 9.78 Å². The molecule has 0 fully saturated rings. The molecule has 2 aromatic heterocycles. The Bertz CT molecular complexity index is 1180. The van der Waals surface area contributed by atoms with E-state index in [1.54, 1.807) is 23.2 Å². The van der Waals surface area contributed by atoms with Gasteiger partial charge in [-0.2, -0.15) is 13.2 Å². The predicted octanol–water partition coefficient (Wildman–Crippen LogP) is 5.45. The normalized spacial score (nSPS) is 14.4. The van der Waals surface area contributed by atoms with Crippen LogP contribution in [0.1, 0.15) is 47.1 Å². The lowest BCUT2D eigenvalue weighted by molar-refractivity contribution is -0.141. The minimum atomic E-state index is -4.61. The zero-order chi connectivity index (χ0) is 23.0. The molecule has 1 aliphatic rings. The van der Waals surface area contributed by atoms with E-state index in [4.69, 9.17) is 0 Å². The average Bonchev–Trinajstić information content (AvgIpc) is 3.10. The van der Waals surface area contributed by atoms with E-state index in [2.05, 4.69) is 15.3 Å².